The summed E-state index contributed by atoms with van der Waals surface area (Å²) in [5.74, 6) is 0. The minimum absolute atomic E-state index is 0.0697. The molecule has 16 heavy (non-hydrogen) atoms. The lowest BCUT2D eigenvalue weighted by atomic mass is 9.73. The molecule has 0 radical (unpaired) electrons. The van der Waals surface area contributed by atoms with Crippen LogP contribution < -0.4 is 5.73 Å². The summed E-state index contributed by atoms with van der Waals surface area (Å²) in [5, 5.41) is 0. The molecule has 1 saturated carbocycles. The minimum atomic E-state index is 0.0697. The zero-order chi connectivity index (χ0) is 11.8. The molecule has 1 heterocycles. The van der Waals surface area contributed by atoms with Crippen molar-refractivity contribution < 1.29 is 0 Å². The maximum atomic E-state index is 5.99. The van der Waals surface area contributed by atoms with Crippen molar-refractivity contribution in [1.82, 2.24) is 9.55 Å². The first-order valence-corrected chi connectivity index (χ1v) is 6.29. The number of imidazole rings is 1. The van der Waals surface area contributed by atoms with E-state index in [0.29, 0.717) is 11.5 Å². The Kier molecular flexibility index (Phi) is 3.06. The Morgan fingerprint density at radius 2 is 2.25 bits per heavy atom. The molecule has 2 N–H and O–H groups in total. The first-order valence-electron chi connectivity index (χ1n) is 6.29. The highest BCUT2D eigenvalue weighted by Crippen LogP contribution is 2.44. The van der Waals surface area contributed by atoms with Crippen LogP contribution in [0, 0.1) is 5.41 Å². The molecule has 1 aliphatic rings. The molecule has 2 rings (SSSR count). The van der Waals surface area contributed by atoms with Crippen LogP contribution in [0.2, 0.25) is 0 Å². The average molecular weight is 221 g/mol. The van der Waals surface area contributed by atoms with Gasteiger partial charge in [-0.25, -0.2) is 4.98 Å². The third kappa shape index (κ3) is 2.01. The van der Waals surface area contributed by atoms with Gasteiger partial charge < -0.3 is 10.3 Å². The van der Waals surface area contributed by atoms with Gasteiger partial charge in [0.2, 0.25) is 0 Å². The molecule has 1 unspecified atom stereocenters. The van der Waals surface area contributed by atoms with Crippen molar-refractivity contribution in [2.45, 2.75) is 58.5 Å². The second-order valence-electron chi connectivity index (χ2n) is 5.76. The predicted octanol–water partition coefficient (Wildman–Crippen LogP) is 3.04. The smallest absolute Gasteiger partial charge is 0.0951 e. The molecule has 2 atom stereocenters. The Morgan fingerprint density at radius 1 is 1.50 bits per heavy atom. The van der Waals surface area contributed by atoms with Crippen molar-refractivity contribution in [2.24, 2.45) is 11.1 Å². The van der Waals surface area contributed by atoms with Crippen LogP contribution in [-0.4, -0.2) is 9.55 Å². The topological polar surface area (TPSA) is 43.8 Å². The fraction of sp³-hybridized carbons (Fsp3) is 0.769. The van der Waals surface area contributed by atoms with Crippen LogP contribution >= 0.6 is 0 Å². The van der Waals surface area contributed by atoms with E-state index in [1.54, 1.807) is 0 Å². The summed E-state index contributed by atoms with van der Waals surface area (Å²) in [6.07, 6.45) is 9.10. The maximum absolute atomic E-state index is 5.99. The molecule has 0 bridgehead atoms. The summed E-state index contributed by atoms with van der Waals surface area (Å²) in [4.78, 5) is 4.27. The van der Waals surface area contributed by atoms with Crippen LogP contribution in [0.3, 0.4) is 0 Å². The van der Waals surface area contributed by atoms with E-state index in [0.717, 1.165) is 0 Å². The van der Waals surface area contributed by atoms with E-state index >= 15 is 0 Å². The Morgan fingerprint density at radius 3 is 2.88 bits per heavy atom. The van der Waals surface area contributed by atoms with Gasteiger partial charge in [-0.3, -0.25) is 0 Å². The molecule has 0 aliphatic heterocycles. The van der Waals surface area contributed by atoms with Gasteiger partial charge in [0.05, 0.1) is 12.0 Å². The largest absolute Gasteiger partial charge is 0.330 e. The number of rotatable bonds is 2. The van der Waals surface area contributed by atoms with Crippen LogP contribution in [0.4, 0.5) is 0 Å². The molecule has 3 heteroatoms. The lowest BCUT2D eigenvalue weighted by Crippen LogP contribution is -2.32. The minimum Gasteiger partial charge on any atom is -0.330 e. The first-order chi connectivity index (χ1) is 7.52. The SMILES string of the molecule is C[C@@H](N)c1cncn1C1CCCCC1(C)C. The van der Waals surface area contributed by atoms with E-state index in [2.05, 4.69) is 23.4 Å². The molecule has 0 spiro atoms. The van der Waals surface area contributed by atoms with Crippen LogP contribution in [0.1, 0.15) is 64.2 Å². The summed E-state index contributed by atoms with van der Waals surface area (Å²) in [6.45, 7) is 6.76. The summed E-state index contributed by atoms with van der Waals surface area (Å²) in [6, 6.07) is 0.630. The summed E-state index contributed by atoms with van der Waals surface area (Å²) < 4.78 is 2.31. The monoisotopic (exact) mass is 221 g/mol. The Labute approximate surface area is 98.1 Å². The fourth-order valence-corrected chi connectivity index (χ4v) is 2.92. The highest BCUT2D eigenvalue weighted by molar-refractivity contribution is 5.07. The Hall–Kier alpha value is -0.830. The van der Waals surface area contributed by atoms with Gasteiger partial charge >= 0.3 is 0 Å². The van der Waals surface area contributed by atoms with Gasteiger partial charge in [0.1, 0.15) is 0 Å². The molecule has 1 fully saturated rings. The molecule has 0 saturated heterocycles. The van der Waals surface area contributed by atoms with Crippen LogP contribution in [0.5, 0.6) is 0 Å². The van der Waals surface area contributed by atoms with E-state index in [-0.39, 0.29) is 6.04 Å². The Bertz CT molecular complexity index is 352. The molecular formula is C13H23N3. The molecule has 1 aliphatic carbocycles. The maximum Gasteiger partial charge on any atom is 0.0951 e. The van der Waals surface area contributed by atoms with Gasteiger partial charge in [-0.05, 0) is 25.2 Å². The molecule has 1 aromatic rings. The lowest BCUT2D eigenvalue weighted by molar-refractivity contribution is 0.141. The number of hydrogen-bond donors (Lipinski definition) is 1. The van der Waals surface area contributed by atoms with Crippen LogP contribution in [-0.2, 0) is 0 Å². The fourth-order valence-electron chi connectivity index (χ4n) is 2.92. The number of aromatic nitrogens is 2. The normalized spacial score (nSPS) is 26.6. The van der Waals surface area contributed by atoms with E-state index in [1.165, 1.54) is 31.4 Å². The van der Waals surface area contributed by atoms with Crippen molar-refractivity contribution >= 4 is 0 Å². The summed E-state index contributed by atoms with van der Waals surface area (Å²) in [7, 11) is 0. The summed E-state index contributed by atoms with van der Waals surface area (Å²) >= 11 is 0. The van der Waals surface area contributed by atoms with Gasteiger partial charge in [0.25, 0.3) is 0 Å². The van der Waals surface area contributed by atoms with Crippen molar-refractivity contribution in [3.63, 3.8) is 0 Å². The molecule has 90 valence electrons. The highest BCUT2D eigenvalue weighted by atomic mass is 15.1. The quantitative estimate of drug-likeness (QED) is 0.834. The molecule has 0 aromatic carbocycles. The van der Waals surface area contributed by atoms with Crippen molar-refractivity contribution in [3.8, 4) is 0 Å². The van der Waals surface area contributed by atoms with Gasteiger partial charge in [0.15, 0.2) is 0 Å². The molecule has 0 amide bonds. The second-order valence-corrected chi connectivity index (χ2v) is 5.76. The highest BCUT2D eigenvalue weighted by Gasteiger charge is 2.34. The van der Waals surface area contributed by atoms with Gasteiger partial charge in [0, 0.05) is 18.3 Å². The van der Waals surface area contributed by atoms with Crippen molar-refractivity contribution in [1.29, 1.82) is 0 Å². The third-order valence-corrected chi connectivity index (χ3v) is 3.95. The van der Waals surface area contributed by atoms with Crippen molar-refractivity contribution in [2.75, 3.05) is 0 Å². The van der Waals surface area contributed by atoms with E-state index in [9.17, 15) is 0 Å². The molecule has 1 aromatic heterocycles. The predicted molar refractivity (Wildman–Crippen MR) is 66.1 cm³/mol. The molecule has 3 nitrogen and oxygen atoms in total. The standard InChI is InChI=1S/C13H23N3/c1-10(14)11-8-15-9-16(11)12-6-4-5-7-13(12,2)3/h8-10,12H,4-7,14H2,1-3H3/t10-,12?/m1/s1. The first kappa shape index (κ1) is 11.6. The summed E-state index contributed by atoms with van der Waals surface area (Å²) in [5.41, 5.74) is 7.52. The second kappa shape index (κ2) is 4.21. The molecular weight excluding hydrogens is 198 g/mol. The van der Waals surface area contributed by atoms with E-state index < -0.39 is 0 Å². The zero-order valence-corrected chi connectivity index (χ0v) is 10.6. The lowest BCUT2D eigenvalue weighted by Gasteiger charge is -2.40. The van der Waals surface area contributed by atoms with Crippen molar-refractivity contribution in [3.05, 3.63) is 18.2 Å². The number of nitrogens with two attached hydrogens (primary N) is 1. The van der Waals surface area contributed by atoms with E-state index in [4.69, 9.17) is 5.73 Å². The van der Waals surface area contributed by atoms with Gasteiger partial charge in [-0.2, -0.15) is 0 Å². The zero-order valence-electron chi connectivity index (χ0n) is 10.6. The van der Waals surface area contributed by atoms with E-state index in [1.807, 2.05) is 19.4 Å². The number of hydrogen-bond acceptors (Lipinski definition) is 2. The van der Waals surface area contributed by atoms with Crippen LogP contribution in [0.25, 0.3) is 0 Å². The Balaban J connectivity index is 2.31. The number of nitrogens with zero attached hydrogens (tertiary/aromatic N) is 2. The van der Waals surface area contributed by atoms with Gasteiger partial charge in [-0.1, -0.05) is 26.7 Å². The van der Waals surface area contributed by atoms with Crippen LogP contribution in [0.15, 0.2) is 12.5 Å². The average Bonchev–Trinajstić information content (AvgIpc) is 2.65. The third-order valence-electron chi connectivity index (χ3n) is 3.95. The van der Waals surface area contributed by atoms with Gasteiger partial charge in [-0.15, -0.1) is 0 Å².